The van der Waals surface area contributed by atoms with Crippen molar-refractivity contribution in [1.82, 2.24) is 9.97 Å². The maximum absolute atomic E-state index is 5.93. The van der Waals surface area contributed by atoms with E-state index in [4.69, 9.17) is 13.9 Å². The molecule has 1 aliphatic rings. The summed E-state index contributed by atoms with van der Waals surface area (Å²) in [5.41, 5.74) is 3.09. The highest BCUT2D eigenvalue weighted by Crippen LogP contribution is 2.34. The van der Waals surface area contributed by atoms with Crippen LogP contribution in [0.15, 0.2) is 28.9 Å². The minimum atomic E-state index is 0.691. The number of anilines is 1. The van der Waals surface area contributed by atoms with Gasteiger partial charge in [-0.1, -0.05) is 6.07 Å². The fraction of sp³-hybridized carbons (Fsp3) is 0.400. The molecule has 0 fully saturated rings. The van der Waals surface area contributed by atoms with Crippen LogP contribution in [0.5, 0.6) is 11.5 Å². The van der Waals surface area contributed by atoms with Gasteiger partial charge in [0.25, 0.3) is 0 Å². The lowest BCUT2D eigenvalue weighted by molar-refractivity contribution is 0.391. The summed E-state index contributed by atoms with van der Waals surface area (Å²) in [6.07, 6.45) is 6.79. The molecule has 1 aliphatic carbocycles. The molecule has 26 heavy (non-hydrogen) atoms. The van der Waals surface area contributed by atoms with Crippen molar-refractivity contribution in [2.24, 2.45) is 0 Å². The van der Waals surface area contributed by atoms with Gasteiger partial charge < -0.3 is 19.2 Å². The summed E-state index contributed by atoms with van der Waals surface area (Å²) >= 11 is 0. The number of furan rings is 1. The molecule has 0 atom stereocenters. The largest absolute Gasteiger partial charge is 0.497 e. The van der Waals surface area contributed by atoms with Crippen molar-refractivity contribution >= 4 is 16.9 Å². The first-order valence-electron chi connectivity index (χ1n) is 9.00. The van der Waals surface area contributed by atoms with Gasteiger partial charge in [-0.05, 0) is 37.3 Å². The summed E-state index contributed by atoms with van der Waals surface area (Å²) in [7, 11) is 3.33. The number of hydrogen-bond donors (Lipinski definition) is 1. The van der Waals surface area contributed by atoms with E-state index in [9.17, 15) is 0 Å². The number of aromatic nitrogens is 2. The number of methoxy groups -OCH3 is 2. The molecule has 136 valence electrons. The van der Waals surface area contributed by atoms with Crippen LogP contribution in [-0.2, 0) is 19.3 Å². The van der Waals surface area contributed by atoms with E-state index in [-0.39, 0.29) is 0 Å². The number of ether oxygens (including phenoxy) is 2. The predicted octanol–water partition coefficient (Wildman–Crippen LogP) is 3.77. The van der Waals surface area contributed by atoms with Gasteiger partial charge in [0.1, 0.15) is 29.4 Å². The summed E-state index contributed by atoms with van der Waals surface area (Å²) < 4.78 is 16.7. The highest BCUT2D eigenvalue weighted by molar-refractivity contribution is 5.90. The minimum Gasteiger partial charge on any atom is -0.497 e. The normalized spacial score (nSPS) is 13.5. The van der Waals surface area contributed by atoms with Gasteiger partial charge in [0.2, 0.25) is 5.71 Å². The third-order valence-corrected chi connectivity index (χ3v) is 4.93. The summed E-state index contributed by atoms with van der Waals surface area (Å²) in [5.74, 6) is 3.56. The van der Waals surface area contributed by atoms with Crippen molar-refractivity contribution in [2.45, 2.75) is 32.1 Å². The van der Waals surface area contributed by atoms with Gasteiger partial charge in [-0.3, -0.25) is 0 Å². The van der Waals surface area contributed by atoms with E-state index in [2.05, 4.69) is 15.3 Å². The van der Waals surface area contributed by atoms with Crippen LogP contribution in [0.1, 0.15) is 29.7 Å². The van der Waals surface area contributed by atoms with Gasteiger partial charge in [0.05, 0.1) is 19.6 Å². The molecule has 6 heteroatoms. The Morgan fingerprint density at radius 1 is 1.12 bits per heavy atom. The smallest absolute Gasteiger partial charge is 0.231 e. The Morgan fingerprint density at radius 3 is 2.85 bits per heavy atom. The van der Waals surface area contributed by atoms with E-state index in [0.717, 1.165) is 59.8 Å². The number of fused-ring (bicyclic) bond motifs is 3. The zero-order chi connectivity index (χ0) is 17.9. The Bertz CT molecular complexity index is 920. The van der Waals surface area contributed by atoms with E-state index >= 15 is 0 Å². The Labute approximate surface area is 152 Å². The molecule has 2 aromatic heterocycles. The average molecular weight is 353 g/mol. The first-order chi connectivity index (χ1) is 12.8. The van der Waals surface area contributed by atoms with Crippen molar-refractivity contribution in [3.63, 3.8) is 0 Å². The molecule has 0 bridgehead atoms. The van der Waals surface area contributed by atoms with Gasteiger partial charge in [-0.15, -0.1) is 0 Å². The summed E-state index contributed by atoms with van der Waals surface area (Å²) in [6.45, 7) is 0.745. The second-order valence-electron chi connectivity index (χ2n) is 6.47. The van der Waals surface area contributed by atoms with Gasteiger partial charge >= 0.3 is 0 Å². The highest BCUT2D eigenvalue weighted by atomic mass is 16.5. The van der Waals surface area contributed by atoms with Crippen molar-refractivity contribution < 1.29 is 13.9 Å². The van der Waals surface area contributed by atoms with Gasteiger partial charge in [-0.2, -0.15) is 0 Å². The SMILES string of the molecule is COc1ccc(CCNc2ncnc3oc4c(c23)CCCC4)c(OC)c1. The molecule has 0 saturated carbocycles. The van der Waals surface area contributed by atoms with E-state index in [0.29, 0.717) is 5.71 Å². The zero-order valence-corrected chi connectivity index (χ0v) is 15.2. The van der Waals surface area contributed by atoms with Gasteiger partial charge in [0.15, 0.2) is 0 Å². The Kier molecular flexibility index (Phi) is 4.65. The first-order valence-corrected chi connectivity index (χ1v) is 9.00. The quantitative estimate of drug-likeness (QED) is 0.727. The van der Waals surface area contributed by atoms with E-state index in [1.807, 2.05) is 18.2 Å². The lowest BCUT2D eigenvalue weighted by atomic mass is 9.96. The molecular formula is C20H23N3O3. The van der Waals surface area contributed by atoms with E-state index in [1.54, 1.807) is 20.5 Å². The lowest BCUT2D eigenvalue weighted by Crippen LogP contribution is -2.08. The molecule has 0 aliphatic heterocycles. The van der Waals surface area contributed by atoms with Crippen LogP contribution in [0.4, 0.5) is 5.82 Å². The van der Waals surface area contributed by atoms with Crippen molar-refractivity contribution in [2.75, 3.05) is 26.1 Å². The number of nitrogens with one attached hydrogen (secondary N) is 1. The van der Waals surface area contributed by atoms with Crippen LogP contribution in [0.2, 0.25) is 0 Å². The van der Waals surface area contributed by atoms with E-state index in [1.165, 1.54) is 18.4 Å². The van der Waals surface area contributed by atoms with Gasteiger partial charge in [0, 0.05) is 24.6 Å². The molecule has 6 nitrogen and oxygen atoms in total. The van der Waals surface area contributed by atoms with E-state index < -0.39 is 0 Å². The maximum atomic E-state index is 5.93. The Morgan fingerprint density at radius 2 is 2.00 bits per heavy atom. The van der Waals surface area contributed by atoms with Crippen molar-refractivity contribution in [3.05, 3.63) is 41.4 Å². The average Bonchev–Trinajstić information content (AvgIpc) is 3.07. The van der Waals surface area contributed by atoms with Crippen LogP contribution in [-0.4, -0.2) is 30.7 Å². The molecule has 0 spiro atoms. The third-order valence-electron chi connectivity index (χ3n) is 4.93. The predicted molar refractivity (Wildman–Crippen MR) is 100 cm³/mol. The minimum absolute atomic E-state index is 0.691. The summed E-state index contributed by atoms with van der Waals surface area (Å²) in [6, 6.07) is 5.90. The molecular weight excluding hydrogens is 330 g/mol. The fourth-order valence-electron chi connectivity index (χ4n) is 3.60. The van der Waals surface area contributed by atoms with Crippen LogP contribution in [0.3, 0.4) is 0 Å². The number of hydrogen-bond acceptors (Lipinski definition) is 6. The second kappa shape index (κ2) is 7.23. The highest BCUT2D eigenvalue weighted by Gasteiger charge is 2.21. The first kappa shape index (κ1) is 16.7. The maximum Gasteiger partial charge on any atom is 0.231 e. The Balaban J connectivity index is 1.53. The molecule has 4 rings (SSSR count). The van der Waals surface area contributed by atoms with Crippen LogP contribution >= 0.6 is 0 Å². The van der Waals surface area contributed by atoms with Crippen LogP contribution in [0.25, 0.3) is 11.1 Å². The lowest BCUT2D eigenvalue weighted by Gasteiger charge is -2.12. The monoisotopic (exact) mass is 353 g/mol. The second-order valence-corrected chi connectivity index (χ2v) is 6.47. The molecule has 2 heterocycles. The third kappa shape index (κ3) is 3.07. The molecule has 0 radical (unpaired) electrons. The van der Waals surface area contributed by atoms with Crippen LogP contribution in [0, 0.1) is 0 Å². The fourth-order valence-corrected chi connectivity index (χ4v) is 3.60. The molecule has 1 N–H and O–H groups in total. The van der Waals surface area contributed by atoms with Crippen molar-refractivity contribution in [1.29, 1.82) is 0 Å². The number of rotatable bonds is 6. The molecule has 0 amide bonds. The number of aryl methyl sites for hydroxylation is 2. The topological polar surface area (TPSA) is 69.4 Å². The molecule has 3 aromatic rings. The zero-order valence-electron chi connectivity index (χ0n) is 15.2. The molecule has 1 aromatic carbocycles. The number of benzene rings is 1. The standard InChI is InChI=1S/C20H23N3O3/c1-24-14-8-7-13(17(11-14)25-2)9-10-21-19-18-15-5-3-4-6-16(15)26-20(18)23-12-22-19/h7-8,11-12H,3-6,9-10H2,1-2H3,(H,21,22,23). The summed E-state index contributed by atoms with van der Waals surface area (Å²) in [4.78, 5) is 8.76. The van der Waals surface area contributed by atoms with Crippen LogP contribution < -0.4 is 14.8 Å². The number of nitrogens with zero attached hydrogens (tertiary/aromatic N) is 2. The van der Waals surface area contributed by atoms with Crippen molar-refractivity contribution in [3.8, 4) is 11.5 Å². The molecule has 0 saturated heterocycles. The molecule has 0 unspecified atom stereocenters. The Hall–Kier alpha value is -2.76. The summed E-state index contributed by atoms with van der Waals surface area (Å²) in [5, 5.41) is 4.50. The van der Waals surface area contributed by atoms with Gasteiger partial charge in [-0.25, -0.2) is 9.97 Å².